The van der Waals surface area contributed by atoms with Crippen LogP contribution in [0.2, 0.25) is 5.02 Å². The molecule has 0 amide bonds. The number of nitro groups is 1. The molecule has 23 heavy (non-hydrogen) atoms. The van der Waals surface area contributed by atoms with Crippen LogP contribution >= 0.6 is 27.5 Å². The van der Waals surface area contributed by atoms with Crippen molar-refractivity contribution in [3.63, 3.8) is 0 Å². The molecule has 0 saturated carbocycles. The van der Waals surface area contributed by atoms with Crippen LogP contribution < -0.4 is 9.47 Å². The predicted molar refractivity (Wildman–Crippen MR) is 88.0 cm³/mol. The van der Waals surface area contributed by atoms with Crippen LogP contribution in [-0.2, 0) is 4.79 Å². The summed E-state index contributed by atoms with van der Waals surface area (Å²) in [5.74, 6) is -0.121. The Kier molecular flexibility index (Phi) is 5.57. The Morgan fingerprint density at radius 2 is 1.91 bits per heavy atom. The highest BCUT2D eigenvalue weighted by molar-refractivity contribution is 9.10. The Morgan fingerprint density at radius 3 is 2.48 bits per heavy atom. The van der Waals surface area contributed by atoms with E-state index < -0.39 is 17.0 Å². The fraction of sp³-hybridized carbons (Fsp3) is 0.133. The van der Waals surface area contributed by atoms with E-state index in [2.05, 4.69) is 15.9 Å². The molecule has 120 valence electrons. The summed E-state index contributed by atoms with van der Waals surface area (Å²) in [7, 11) is 0. The second-order valence-electron chi connectivity index (χ2n) is 4.51. The molecule has 0 bridgehead atoms. The molecule has 0 fully saturated rings. The average molecular weight is 401 g/mol. The number of hydrogen-bond donors (Lipinski definition) is 0. The fourth-order valence-corrected chi connectivity index (χ4v) is 2.12. The van der Waals surface area contributed by atoms with Gasteiger partial charge in [-0.25, -0.2) is 4.79 Å². The molecule has 0 spiro atoms. The Bertz CT molecular complexity index is 735. The Labute approximate surface area is 145 Å². The van der Waals surface area contributed by atoms with Crippen LogP contribution in [0, 0.1) is 10.1 Å². The van der Waals surface area contributed by atoms with E-state index >= 15 is 0 Å². The van der Waals surface area contributed by atoms with Crippen molar-refractivity contribution < 1.29 is 19.2 Å². The summed E-state index contributed by atoms with van der Waals surface area (Å²) >= 11 is 9.17. The zero-order valence-electron chi connectivity index (χ0n) is 11.9. The van der Waals surface area contributed by atoms with Gasteiger partial charge in [0.1, 0.15) is 11.5 Å². The molecule has 2 rings (SSSR count). The van der Waals surface area contributed by atoms with E-state index in [1.807, 2.05) is 0 Å². The second-order valence-corrected chi connectivity index (χ2v) is 5.83. The number of rotatable bonds is 5. The third kappa shape index (κ3) is 4.67. The monoisotopic (exact) mass is 399 g/mol. The highest BCUT2D eigenvalue weighted by Crippen LogP contribution is 2.29. The van der Waals surface area contributed by atoms with Crippen LogP contribution in [0.3, 0.4) is 0 Å². The maximum absolute atomic E-state index is 12.0. The quantitative estimate of drug-likeness (QED) is 0.322. The van der Waals surface area contributed by atoms with Gasteiger partial charge in [0.15, 0.2) is 6.10 Å². The van der Waals surface area contributed by atoms with Crippen molar-refractivity contribution >= 4 is 39.2 Å². The minimum Gasteiger partial charge on any atom is -0.479 e. The lowest BCUT2D eigenvalue weighted by molar-refractivity contribution is -0.384. The molecule has 8 heteroatoms. The lowest BCUT2D eigenvalue weighted by Gasteiger charge is -2.14. The van der Waals surface area contributed by atoms with Gasteiger partial charge in [0, 0.05) is 16.6 Å². The molecule has 0 aliphatic heterocycles. The van der Waals surface area contributed by atoms with Crippen molar-refractivity contribution in [2.24, 2.45) is 0 Å². The number of nitro benzene ring substituents is 1. The molecule has 6 nitrogen and oxygen atoms in total. The van der Waals surface area contributed by atoms with Gasteiger partial charge in [-0.15, -0.1) is 0 Å². The van der Waals surface area contributed by atoms with Crippen LogP contribution in [0.25, 0.3) is 0 Å². The molecule has 2 aromatic rings. The van der Waals surface area contributed by atoms with Gasteiger partial charge < -0.3 is 9.47 Å². The third-order valence-electron chi connectivity index (χ3n) is 2.80. The minimum atomic E-state index is -0.873. The first-order chi connectivity index (χ1) is 10.9. The van der Waals surface area contributed by atoms with Crippen LogP contribution in [0.1, 0.15) is 6.92 Å². The molecule has 0 N–H and O–H groups in total. The first-order valence-corrected chi connectivity index (χ1v) is 7.62. The van der Waals surface area contributed by atoms with Gasteiger partial charge in [-0.2, -0.15) is 0 Å². The van der Waals surface area contributed by atoms with Crippen molar-refractivity contribution in [3.8, 4) is 11.5 Å². The number of nitrogens with zero attached hydrogens (tertiary/aromatic N) is 1. The van der Waals surface area contributed by atoms with Crippen molar-refractivity contribution in [2.75, 3.05) is 0 Å². The summed E-state index contributed by atoms with van der Waals surface area (Å²) in [5.41, 5.74) is -0.186. The number of hydrogen-bond acceptors (Lipinski definition) is 5. The summed E-state index contributed by atoms with van der Waals surface area (Å²) in [4.78, 5) is 22.1. The van der Waals surface area contributed by atoms with Crippen molar-refractivity contribution in [2.45, 2.75) is 13.0 Å². The van der Waals surface area contributed by atoms with E-state index in [9.17, 15) is 14.9 Å². The molecule has 0 aliphatic carbocycles. The van der Waals surface area contributed by atoms with Crippen LogP contribution in [-0.4, -0.2) is 17.0 Å². The Hall–Kier alpha value is -2.12. The first kappa shape index (κ1) is 17.2. The molecule has 0 aromatic heterocycles. The largest absolute Gasteiger partial charge is 0.479 e. The zero-order valence-corrected chi connectivity index (χ0v) is 14.2. The molecular weight excluding hydrogens is 390 g/mol. The van der Waals surface area contributed by atoms with Gasteiger partial charge >= 0.3 is 5.97 Å². The Balaban J connectivity index is 2.03. The highest BCUT2D eigenvalue weighted by Gasteiger charge is 2.20. The number of benzene rings is 2. The van der Waals surface area contributed by atoms with E-state index in [-0.39, 0.29) is 16.5 Å². The first-order valence-electron chi connectivity index (χ1n) is 6.44. The molecule has 0 heterocycles. The van der Waals surface area contributed by atoms with E-state index in [1.165, 1.54) is 19.1 Å². The van der Waals surface area contributed by atoms with E-state index in [0.717, 1.165) is 10.5 Å². The highest BCUT2D eigenvalue weighted by atomic mass is 79.9. The van der Waals surface area contributed by atoms with Crippen molar-refractivity contribution in [1.82, 2.24) is 0 Å². The summed E-state index contributed by atoms with van der Waals surface area (Å²) in [6, 6.07) is 10.5. The number of esters is 1. The zero-order chi connectivity index (χ0) is 17.0. The van der Waals surface area contributed by atoms with Gasteiger partial charge in [0.2, 0.25) is 0 Å². The van der Waals surface area contributed by atoms with E-state index in [0.29, 0.717) is 5.75 Å². The average Bonchev–Trinajstić information content (AvgIpc) is 2.51. The molecule has 1 unspecified atom stereocenters. The summed E-state index contributed by atoms with van der Waals surface area (Å²) in [5, 5.41) is 10.6. The molecule has 2 aromatic carbocycles. The van der Waals surface area contributed by atoms with Gasteiger partial charge in [-0.05, 0) is 37.3 Å². The number of non-ortho nitro benzene ring substituents is 1. The maximum atomic E-state index is 12.0. The molecule has 0 radical (unpaired) electrons. The predicted octanol–water partition coefficient (Wildman–Crippen LogP) is 4.38. The minimum absolute atomic E-state index is 0.0246. The SMILES string of the molecule is CC(Oc1ccc(Br)cc1)C(=O)Oc1ccc([N+](=O)[O-])cc1Cl. The van der Waals surface area contributed by atoms with Crippen molar-refractivity contribution in [3.05, 3.63) is 62.1 Å². The van der Waals surface area contributed by atoms with E-state index in [4.69, 9.17) is 21.1 Å². The summed E-state index contributed by atoms with van der Waals surface area (Å²) in [6.45, 7) is 1.53. The van der Waals surface area contributed by atoms with E-state index in [1.54, 1.807) is 24.3 Å². The topological polar surface area (TPSA) is 78.7 Å². The number of carbonyl (C=O) groups is 1. The third-order valence-corrected chi connectivity index (χ3v) is 3.62. The van der Waals surface area contributed by atoms with Crippen LogP contribution in [0.5, 0.6) is 11.5 Å². The molecular formula is C15H11BrClNO5. The van der Waals surface area contributed by atoms with Gasteiger partial charge in [0.25, 0.3) is 5.69 Å². The fourth-order valence-electron chi connectivity index (χ4n) is 1.64. The summed E-state index contributed by atoms with van der Waals surface area (Å²) in [6.07, 6.45) is -0.873. The molecule has 0 aliphatic rings. The van der Waals surface area contributed by atoms with Gasteiger partial charge in [-0.3, -0.25) is 10.1 Å². The van der Waals surface area contributed by atoms with Gasteiger partial charge in [0.05, 0.1) is 9.95 Å². The number of carbonyl (C=O) groups excluding carboxylic acids is 1. The molecule has 1 atom stereocenters. The number of halogens is 2. The van der Waals surface area contributed by atoms with Crippen LogP contribution in [0.4, 0.5) is 5.69 Å². The second kappa shape index (κ2) is 7.43. The standard InChI is InChI=1S/C15H11BrClNO5/c1-9(22-12-5-2-10(16)3-6-12)15(19)23-14-7-4-11(18(20)21)8-13(14)17/h2-9H,1H3. The number of ether oxygens (including phenoxy) is 2. The van der Waals surface area contributed by atoms with Crippen molar-refractivity contribution in [1.29, 1.82) is 0 Å². The van der Waals surface area contributed by atoms with Gasteiger partial charge in [-0.1, -0.05) is 27.5 Å². The lowest BCUT2D eigenvalue weighted by Crippen LogP contribution is -2.28. The normalized spacial score (nSPS) is 11.6. The smallest absolute Gasteiger partial charge is 0.352 e. The maximum Gasteiger partial charge on any atom is 0.352 e. The lowest BCUT2D eigenvalue weighted by atomic mass is 10.3. The molecule has 0 saturated heterocycles. The van der Waals surface area contributed by atoms with Crippen LogP contribution in [0.15, 0.2) is 46.9 Å². The Morgan fingerprint density at radius 1 is 1.26 bits per heavy atom. The summed E-state index contributed by atoms with van der Waals surface area (Å²) < 4.78 is 11.5.